The molecule has 0 heterocycles. The molecular formula is C12H23N3O. The smallest absolute Gasteiger partial charge is 0.234 e. The number of rotatable bonds is 7. The molecular weight excluding hydrogens is 202 g/mol. The van der Waals surface area contributed by atoms with E-state index >= 15 is 0 Å². The van der Waals surface area contributed by atoms with Crippen LogP contribution in [0.3, 0.4) is 0 Å². The van der Waals surface area contributed by atoms with Crippen molar-refractivity contribution in [1.29, 1.82) is 0 Å². The summed E-state index contributed by atoms with van der Waals surface area (Å²) >= 11 is 0. The lowest BCUT2D eigenvalue weighted by atomic mass is 9.75. The summed E-state index contributed by atoms with van der Waals surface area (Å²) in [6, 6.07) is 0. The van der Waals surface area contributed by atoms with Gasteiger partial charge in [0.15, 0.2) is 0 Å². The molecule has 16 heavy (non-hydrogen) atoms. The monoisotopic (exact) mass is 225 g/mol. The highest BCUT2D eigenvalue weighted by Gasteiger charge is 2.38. The summed E-state index contributed by atoms with van der Waals surface area (Å²) in [6.07, 6.45) is 5.38. The van der Waals surface area contributed by atoms with Crippen LogP contribution in [0.15, 0.2) is 12.7 Å². The first-order valence-electron chi connectivity index (χ1n) is 5.86. The molecule has 0 aromatic heterocycles. The van der Waals surface area contributed by atoms with Crippen LogP contribution in [-0.2, 0) is 4.79 Å². The second-order valence-electron chi connectivity index (χ2n) is 4.67. The summed E-state index contributed by atoms with van der Waals surface area (Å²) in [5.74, 6) is 0.0648. The Kier molecular flexibility index (Phi) is 4.96. The fourth-order valence-electron chi connectivity index (χ4n) is 1.98. The molecule has 0 saturated heterocycles. The molecule has 1 aliphatic carbocycles. The fourth-order valence-corrected chi connectivity index (χ4v) is 1.98. The highest BCUT2D eigenvalue weighted by molar-refractivity contribution is 5.78. The standard InChI is InChI=1S/C12H23N3O/c1-4-8-13-9-11(16)14-10-12(15(2)3)6-5-7-12/h4,13H,1,5-10H2,2-3H3,(H,14,16). The molecule has 0 aromatic rings. The second kappa shape index (κ2) is 6.01. The predicted molar refractivity (Wildman–Crippen MR) is 66.3 cm³/mol. The summed E-state index contributed by atoms with van der Waals surface area (Å²) in [5.41, 5.74) is 0.202. The van der Waals surface area contributed by atoms with E-state index in [4.69, 9.17) is 0 Å². The average molecular weight is 225 g/mol. The van der Waals surface area contributed by atoms with Gasteiger partial charge in [0, 0.05) is 18.6 Å². The summed E-state index contributed by atoms with van der Waals surface area (Å²) in [7, 11) is 4.17. The van der Waals surface area contributed by atoms with Crippen molar-refractivity contribution in [2.45, 2.75) is 24.8 Å². The number of carbonyl (C=O) groups excluding carboxylic acids is 1. The summed E-state index contributed by atoms with van der Waals surface area (Å²) < 4.78 is 0. The molecule has 1 saturated carbocycles. The van der Waals surface area contributed by atoms with Gasteiger partial charge in [-0.3, -0.25) is 4.79 Å². The minimum absolute atomic E-state index is 0.0648. The van der Waals surface area contributed by atoms with E-state index in [0.717, 1.165) is 6.54 Å². The quantitative estimate of drug-likeness (QED) is 0.486. The summed E-state index contributed by atoms with van der Waals surface area (Å²) in [5, 5.41) is 5.98. The molecule has 2 N–H and O–H groups in total. The zero-order valence-corrected chi connectivity index (χ0v) is 10.4. The Bertz CT molecular complexity index is 247. The van der Waals surface area contributed by atoms with Crippen molar-refractivity contribution in [3.63, 3.8) is 0 Å². The SMILES string of the molecule is C=CCNCC(=O)NCC1(N(C)C)CCC1. The number of hydrogen-bond donors (Lipinski definition) is 2. The first-order chi connectivity index (χ1) is 7.60. The zero-order valence-electron chi connectivity index (χ0n) is 10.4. The molecule has 0 atom stereocenters. The number of nitrogens with one attached hydrogen (secondary N) is 2. The molecule has 4 nitrogen and oxygen atoms in total. The van der Waals surface area contributed by atoms with Crippen LogP contribution in [0, 0.1) is 0 Å². The van der Waals surface area contributed by atoms with Crippen LogP contribution >= 0.6 is 0 Å². The van der Waals surface area contributed by atoms with E-state index < -0.39 is 0 Å². The normalized spacial score (nSPS) is 17.9. The van der Waals surface area contributed by atoms with E-state index in [1.54, 1.807) is 6.08 Å². The Morgan fingerprint density at radius 2 is 2.19 bits per heavy atom. The van der Waals surface area contributed by atoms with Crippen molar-refractivity contribution < 1.29 is 4.79 Å². The molecule has 1 aliphatic rings. The molecule has 1 rings (SSSR count). The lowest BCUT2D eigenvalue weighted by Gasteiger charge is -2.47. The van der Waals surface area contributed by atoms with Gasteiger partial charge in [0.1, 0.15) is 0 Å². The van der Waals surface area contributed by atoms with Crippen molar-refractivity contribution in [3.8, 4) is 0 Å². The van der Waals surface area contributed by atoms with E-state index in [0.29, 0.717) is 13.1 Å². The number of hydrogen-bond acceptors (Lipinski definition) is 3. The fraction of sp³-hybridized carbons (Fsp3) is 0.750. The molecule has 1 amide bonds. The molecule has 4 heteroatoms. The summed E-state index contributed by atoms with van der Waals surface area (Å²) in [6.45, 7) is 5.39. The third kappa shape index (κ3) is 3.32. The van der Waals surface area contributed by atoms with Crippen LogP contribution < -0.4 is 10.6 Å². The van der Waals surface area contributed by atoms with Gasteiger partial charge in [-0.15, -0.1) is 6.58 Å². The molecule has 0 unspecified atom stereocenters. The third-order valence-electron chi connectivity index (χ3n) is 3.42. The molecule has 0 spiro atoms. The minimum Gasteiger partial charge on any atom is -0.353 e. The van der Waals surface area contributed by atoms with Crippen LogP contribution in [0.5, 0.6) is 0 Å². The second-order valence-corrected chi connectivity index (χ2v) is 4.67. The zero-order chi connectivity index (χ0) is 12.0. The number of likely N-dealkylation sites (N-methyl/N-ethyl adjacent to an activating group) is 1. The van der Waals surface area contributed by atoms with E-state index in [9.17, 15) is 4.79 Å². The van der Waals surface area contributed by atoms with Crippen LogP contribution in [0.1, 0.15) is 19.3 Å². The lowest BCUT2D eigenvalue weighted by molar-refractivity contribution is -0.121. The molecule has 0 radical (unpaired) electrons. The Labute approximate surface area is 98.1 Å². The van der Waals surface area contributed by atoms with Crippen molar-refractivity contribution in [1.82, 2.24) is 15.5 Å². The van der Waals surface area contributed by atoms with Gasteiger partial charge in [0.05, 0.1) is 6.54 Å². The van der Waals surface area contributed by atoms with Gasteiger partial charge in [0.2, 0.25) is 5.91 Å². The van der Waals surface area contributed by atoms with Gasteiger partial charge < -0.3 is 15.5 Å². The minimum atomic E-state index is 0.0648. The maximum atomic E-state index is 11.5. The molecule has 92 valence electrons. The van der Waals surface area contributed by atoms with Crippen LogP contribution in [0.25, 0.3) is 0 Å². The average Bonchev–Trinajstić information content (AvgIpc) is 2.16. The topological polar surface area (TPSA) is 44.4 Å². The summed E-state index contributed by atoms with van der Waals surface area (Å²) in [4.78, 5) is 13.7. The van der Waals surface area contributed by atoms with Gasteiger partial charge in [-0.05, 0) is 33.4 Å². The van der Waals surface area contributed by atoms with Gasteiger partial charge in [-0.25, -0.2) is 0 Å². The maximum absolute atomic E-state index is 11.5. The molecule has 0 bridgehead atoms. The van der Waals surface area contributed by atoms with Crippen molar-refractivity contribution in [2.24, 2.45) is 0 Å². The third-order valence-corrected chi connectivity index (χ3v) is 3.42. The Hall–Kier alpha value is -0.870. The molecule has 0 aromatic carbocycles. The highest BCUT2D eigenvalue weighted by Crippen LogP contribution is 2.35. The Morgan fingerprint density at radius 3 is 2.62 bits per heavy atom. The van der Waals surface area contributed by atoms with Crippen LogP contribution in [0.2, 0.25) is 0 Å². The van der Waals surface area contributed by atoms with Gasteiger partial charge in [-0.2, -0.15) is 0 Å². The van der Waals surface area contributed by atoms with Crippen molar-refractivity contribution in [3.05, 3.63) is 12.7 Å². The van der Waals surface area contributed by atoms with Gasteiger partial charge in [0.25, 0.3) is 0 Å². The number of carbonyl (C=O) groups is 1. The van der Waals surface area contributed by atoms with E-state index in [-0.39, 0.29) is 11.4 Å². The Morgan fingerprint density at radius 1 is 1.50 bits per heavy atom. The Balaban J connectivity index is 2.22. The maximum Gasteiger partial charge on any atom is 0.234 e. The predicted octanol–water partition coefficient (Wildman–Crippen LogP) is 0.363. The largest absolute Gasteiger partial charge is 0.353 e. The van der Waals surface area contributed by atoms with Crippen molar-refractivity contribution in [2.75, 3.05) is 33.7 Å². The van der Waals surface area contributed by atoms with E-state index in [1.165, 1.54) is 19.3 Å². The van der Waals surface area contributed by atoms with E-state index in [2.05, 4.69) is 36.2 Å². The number of nitrogens with zero attached hydrogens (tertiary/aromatic N) is 1. The molecule has 1 fully saturated rings. The van der Waals surface area contributed by atoms with Crippen LogP contribution in [-0.4, -0.2) is 50.1 Å². The van der Waals surface area contributed by atoms with Crippen LogP contribution in [0.4, 0.5) is 0 Å². The first-order valence-corrected chi connectivity index (χ1v) is 5.86. The molecule has 0 aliphatic heterocycles. The highest BCUT2D eigenvalue weighted by atomic mass is 16.1. The number of amides is 1. The first kappa shape index (κ1) is 13.2. The van der Waals surface area contributed by atoms with Gasteiger partial charge in [-0.1, -0.05) is 6.08 Å². The van der Waals surface area contributed by atoms with E-state index in [1.807, 2.05) is 0 Å². The lowest BCUT2D eigenvalue weighted by Crippen LogP contribution is -2.57. The van der Waals surface area contributed by atoms with Crippen molar-refractivity contribution >= 4 is 5.91 Å². The van der Waals surface area contributed by atoms with Gasteiger partial charge >= 0.3 is 0 Å².